The van der Waals surface area contributed by atoms with Crippen LogP contribution in [-0.4, -0.2) is 27.1 Å². The zero-order valence-corrected chi connectivity index (χ0v) is 12.2. The van der Waals surface area contributed by atoms with Crippen LogP contribution in [0, 0.1) is 5.92 Å². The molecule has 0 fully saturated rings. The average molecular weight is 266 g/mol. The Morgan fingerprint density at radius 2 is 1.95 bits per heavy atom. The van der Waals surface area contributed by atoms with Crippen molar-refractivity contribution in [1.82, 2.24) is 9.97 Å². The average Bonchev–Trinajstić information content (AvgIpc) is 2.27. The first-order valence-corrected chi connectivity index (χ1v) is 6.58. The minimum atomic E-state index is -1.09. The molecule has 0 aromatic carbocycles. The van der Waals surface area contributed by atoms with Gasteiger partial charge in [0, 0.05) is 5.92 Å². The highest BCUT2D eigenvalue weighted by Gasteiger charge is 2.19. The summed E-state index contributed by atoms with van der Waals surface area (Å²) in [5.74, 6) is 0.238. The number of aromatic carboxylic acids is 1. The van der Waals surface area contributed by atoms with Crippen LogP contribution in [-0.2, 0) is 0 Å². The molecule has 0 aliphatic heterocycles. The molecule has 0 bridgehead atoms. The van der Waals surface area contributed by atoms with Gasteiger partial charge in [0.1, 0.15) is 5.82 Å². The van der Waals surface area contributed by atoms with Gasteiger partial charge in [-0.3, -0.25) is 0 Å². The van der Waals surface area contributed by atoms with Crippen molar-refractivity contribution in [1.29, 1.82) is 0 Å². The lowest BCUT2D eigenvalue weighted by Crippen LogP contribution is -2.18. The van der Waals surface area contributed by atoms with Gasteiger partial charge in [-0.05, 0) is 19.3 Å². The van der Waals surface area contributed by atoms with Gasteiger partial charge < -0.3 is 9.84 Å². The zero-order valence-electron chi connectivity index (χ0n) is 12.2. The van der Waals surface area contributed by atoms with Crippen molar-refractivity contribution < 1.29 is 14.6 Å². The van der Waals surface area contributed by atoms with Gasteiger partial charge in [-0.25, -0.2) is 14.8 Å². The number of carbonyl (C=O) groups is 1. The molecule has 0 aliphatic rings. The Balaban J connectivity index is 2.97. The lowest BCUT2D eigenvalue weighted by Gasteiger charge is -2.17. The van der Waals surface area contributed by atoms with Crippen molar-refractivity contribution in [2.45, 2.75) is 53.1 Å². The fourth-order valence-electron chi connectivity index (χ4n) is 1.83. The maximum atomic E-state index is 11.2. The van der Waals surface area contributed by atoms with E-state index < -0.39 is 5.97 Å². The largest absolute Gasteiger partial charge is 0.487 e. The maximum Gasteiger partial charge on any atom is 0.358 e. The molecule has 1 aromatic rings. The van der Waals surface area contributed by atoms with Crippen LogP contribution >= 0.6 is 0 Å². The van der Waals surface area contributed by atoms with E-state index in [2.05, 4.69) is 23.8 Å². The summed E-state index contributed by atoms with van der Waals surface area (Å²) in [6, 6.07) is 0. The Labute approximate surface area is 114 Å². The van der Waals surface area contributed by atoms with Crippen molar-refractivity contribution in [3.8, 4) is 5.75 Å². The smallest absolute Gasteiger partial charge is 0.358 e. The molecule has 1 rings (SSSR count). The zero-order chi connectivity index (χ0) is 14.6. The molecule has 1 aromatic heterocycles. The van der Waals surface area contributed by atoms with E-state index in [9.17, 15) is 9.90 Å². The van der Waals surface area contributed by atoms with Crippen LogP contribution in [0.5, 0.6) is 5.75 Å². The highest BCUT2D eigenvalue weighted by atomic mass is 16.5. The normalized spacial score (nSPS) is 12.8. The summed E-state index contributed by atoms with van der Waals surface area (Å²) in [7, 11) is 0. The van der Waals surface area contributed by atoms with Crippen molar-refractivity contribution >= 4 is 5.97 Å². The molecule has 1 N–H and O–H groups in total. The quantitative estimate of drug-likeness (QED) is 0.856. The first-order valence-electron chi connectivity index (χ1n) is 6.58. The van der Waals surface area contributed by atoms with Crippen LogP contribution in [0.4, 0.5) is 0 Å². The van der Waals surface area contributed by atoms with E-state index in [1.54, 1.807) is 0 Å². The van der Waals surface area contributed by atoms with Gasteiger partial charge in [-0.2, -0.15) is 0 Å². The summed E-state index contributed by atoms with van der Waals surface area (Å²) < 4.78 is 5.65. The lowest BCUT2D eigenvalue weighted by atomic mass is 10.1. The molecule has 106 valence electrons. The second-order valence-corrected chi connectivity index (χ2v) is 5.46. The topological polar surface area (TPSA) is 72.3 Å². The van der Waals surface area contributed by atoms with Gasteiger partial charge >= 0.3 is 5.97 Å². The second-order valence-electron chi connectivity index (χ2n) is 5.46. The van der Waals surface area contributed by atoms with E-state index in [4.69, 9.17) is 4.74 Å². The van der Waals surface area contributed by atoms with E-state index in [-0.39, 0.29) is 23.5 Å². The molecular weight excluding hydrogens is 244 g/mol. The molecule has 5 heteroatoms. The van der Waals surface area contributed by atoms with E-state index in [1.807, 2.05) is 20.8 Å². The number of aromatic nitrogens is 2. The van der Waals surface area contributed by atoms with Crippen LogP contribution in [0.25, 0.3) is 0 Å². The third-order valence-electron chi connectivity index (χ3n) is 2.62. The van der Waals surface area contributed by atoms with Crippen molar-refractivity contribution in [2.24, 2.45) is 5.92 Å². The number of rotatable bonds is 6. The predicted molar refractivity (Wildman–Crippen MR) is 72.6 cm³/mol. The van der Waals surface area contributed by atoms with Gasteiger partial charge in [0.15, 0.2) is 11.4 Å². The SMILES string of the molecule is CC(C)CC(C)Oc1cnc(C(C)C)nc1C(=O)O. The summed E-state index contributed by atoms with van der Waals surface area (Å²) in [5.41, 5.74) is -0.0608. The van der Waals surface area contributed by atoms with Gasteiger partial charge in [0.2, 0.25) is 0 Å². The van der Waals surface area contributed by atoms with Gasteiger partial charge in [0.25, 0.3) is 0 Å². The number of ether oxygens (including phenoxy) is 1. The summed E-state index contributed by atoms with van der Waals surface area (Å²) in [4.78, 5) is 19.5. The molecule has 19 heavy (non-hydrogen) atoms. The molecule has 1 unspecified atom stereocenters. The van der Waals surface area contributed by atoms with Crippen LogP contribution in [0.2, 0.25) is 0 Å². The minimum Gasteiger partial charge on any atom is -0.487 e. The Morgan fingerprint density at radius 1 is 1.32 bits per heavy atom. The summed E-state index contributed by atoms with van der Waals surface area (Å²) in [5, 5.41) is 9.20. The van der Waals surface area contributed by atoms with E-state index in [0.29, 0.717) is 11.7 Å². The third-order valence-corrected chi connectivity index (χ3v) is 2.62. The van der Waals surface area contributed by atoms with Crippen molar-refractivity contribution in [3.05, 3.63) is 17.7 Å². The molecule has 5 nitrogen and oxygen atoms in total. The summed E-state index contributed by atoms with van der Waals surface area (Å²) in [6.45, 7) is 9.94. The number of carboxylic acid groups (broad SMARTS) is 1. The Hall–Kier alpha value is -1.65. The van der Waals surface area contributed by atoms with Gasteiger partial charge in [-0.15, -0.1) is 0 Å². The molecule has 0 radical (unpaired) electrons. The Kier molecular flexibility index (Phi) is 5.27. The molecular formula is C14H22N2O3. The molecule has 0 amide bonds. The molecule has 0 saturated carbocycles. The molecule has 1 heterocycles. The van der Waals surface area contributed by atoms with Gasteiger partial charge in [-0.1, -0.05) is 27.7 Å². The van der Waals surface area contributed by atoms with Gasteiger partial charge in [0.05, 0.1) is 12.3 Å². The maximum absolute atomic E-state index is 11.2. The number of nitrogens with zero attached hydrogens (tertiary/aromatic N) is 2. The number of hydrogen-bond donors (Lipinski definition) is 1. The van der Waals surface area contributed by atoms with Crippen molar-refractivity contribution in [3.63, 3.8) is 0 Å². The minimum absolute atomic E-state index is 0.0608. The predicted octanol–water partition coefficient (Wildman–Crippen LogP) is 3.11. The summed E-state index contributed by atoms with van der Waals surface area (Å²) in [6.07, 6.45) is 2.25. The first-order chi connectivity index (χ1) is 8.81. The fraction of sp³-hybridized carbons (Fsp3) is 0.643. The molecule has 0 aliphatic carbocycles. The van der Waals surface area contributed by atoms with Crippen LogP contribution in [0.1, 0.15) is 63.3 Å². The molecule has 0 spiro atoms. The number of hydrogen-bond acceptors (Lipinski definition) is 4. The van der Waals surface area contributed by atoms with Crippen LogP contribution < -0.4 is 4.74 Å². The highest BCUT2D eigenvalue weighted by molar-refractivity contribution is 5.88. The van der Waals surface area contributed by atoms with E-state index >= 15 is 0 Å². The first kappa shape index (κ1) is 15.4. The second kappa shape index (κ2) is 6.50. The van der Waals surface area contributed by atoms with Crippen LogP contribution in [0.15, 0.2) is 6.20 Å². The molecule has 1 atom stereocenters. The summed E-state index contributed by atoms with van der Waals surface area (Å²) >= 11 is 0. The number of carboxylic acids is 1. The Morgan fingerprint density at radius 3 is 2.42 bits per heavy atom. The fourth-order valence-corrected chi connectivity index (χ4v) is 1.83. The van der Waals surface area contributed by atoms with E-state index in [1.165, 1.54) is 6.20 Å². The Bertz CT molecular complexity index is 444. The standard InChI is InChI=1S/C14H22N2O3/c1-8(2)6-10(5)19-11-7-15-13(9(3)4)16-12(11)14(17)18/h7-10H,6H2,1-5H3,(H,17,18). The van der Waals surface area contributed by atoms with Crippen molar-refractivity contribution in [2.75, 3.05) is 0 Å². The van der Waals surface area contributed by atoms with E-state index in [0.717, 1.165) is 6.42 Å². The highest BCUT2D eigenvalue weighted by Crippen LogP contribution is 2.21. The lowest BCUT2D eigenvalue weighted by molar-refractivity contribution is 0.0680. The third kappa shape index (κ3) is 4.50. The van der Waals surface area contributed by atoms with Crippen LogP contribution in [0.3, 0.4) is 0 Å². The monoisotopic (exact) mass is 266 g/mol. The molecule has 0 saturated heterocycles.